The Balaban J connectivity index is 2.30. The number of ether oxygens (including phenoxy) is 1. The predicted octanol–water partition coefficient (Wildman–Crippen LogP) is 1.36. The number of nitrogens with one attached hydrogen (secondary N) is 2. The van der Waals surface area contributed by atoms with Gasteiger partial charge in [-0.3, -0.25) is 14.9 Å². The molecule has 2 rings (SSSR count). The normalized spacial score (nSPS) is 11.1. The molecule has 2 N–H and O–H groups in total. The molecule has 0 saturated carbocycles. The second-order valence-electron chi connectivity index (χ2n) is 4.42. The number of hydrogen-bond donors (Lipinski definition) is 2. The Bertz CT molecular complexity index is 889. The van der Waals surface area contributed by atoms with E-state index in [1.807, 2.05) is 4.72 Å². The van der Waals surface area contributed by atoms with Gasteiger partial charge in [-0.2, -0.15) is 0 Å². The number of amides is 1. The van der Waals surface area contributed by atoms with E-state index in [2.05, 4.69) is 5.32 Å². The van der Waals surface area contributed by atoms with E-state index in [-0.39, 0.29) is 22.9 Å². The van der Waals surface area contributed by atoms with Crippen molar-refractivity contribution in [3.63, 3.8) is 0 Å². The van der Waals surface area contributed by atoms with E-state index >= 15 is 0 Å². The molecule has 0 saturated heterocycles. The van der Waals surface area contributed by atoms with Crippen LogP contribution < -0.4 is 14.8 Å². The van der Waals surface area contributed by atoms with Crippen LogP contribution in [0.25, 0.3) is 0 Å². The average Bonchev–Trinajstić information content (AvgIpc) is 3.05. The molecule has 128 valence electrons. The number of sulfonamides is 1. The van der Waals surface area contributed by atoms with Crippen molar-refractivity contribution in [1.82, 2.24) is 4.72 Å². The third-order valence-electron chi connectivity index (χ3n) is 2.98. The summed E-state index contributed by atoms with van der Waals surface area (Å²) in [4.78, 5) is 22.3. The third-order valence-corrected chi connectivity index (χ3v) is 4.27. The summed E-state index contributed by atoms with van der Waals surface area (Å²) in [7, 11) is -1.29. The van der Waals surface area contributed by atoms with E-state index < -0.39 is 25.9 Å². The molecule has 11 heteroatoms. The number of anilines is 1. The second kappa shape index (κ2) is 6.68. The van der Waals surface area contributed by atoms with E-state index in [4.69, 9.17) is 9.15 Å². The first-order valence-electron chi connectivity index (χ1n) is 6.45. The Morgan fingerprint density at radius 2 is 2.00 bits per heavy atom. The van der Waals surface area contributed by atoms with Crippen LogP contribution >= 0.6 is 0 Å². The van der Waals surface area contributed by atoms with Crippen LogP contribution in [-0.4, -0.2) is 33.4 Å². The number of carbonyl (C=O) groups excluding carboxylic acids is 1. The van der Waals surface area contributed by atoms with Gasteiger partial charge in [-0.05, 0) is 25.2 Å². The summed E-state index contributed by atoms with van der Waals surface area (Å²) in [5, 5.41) is 12.8. The molecule has 0 fully saturated rings. The minimum atomic E-state index is -3.83. The number of furan rings is 1. The van der Waals surface area contributed by atoms with Crippen molar-refractivity contribution in [3.8, 4) is 5.75 Å². The minimum Gasteiger partial charge on any atom is -0.495 e. The van der Waals surface area contributed by atoms with Gasteiger partial charge in [0.25, 0.3) is 21.6 Å². The molecule has 10 nitrogen and oxygen atoms in total. The number of non-ortho nitro benzene ring substituents is 1. The van der Waals surface area contributed by atoms with Gasteiger partial charge in [0.1, 0.15) is 5.75 Å². The molecule has 0 unspecified atom stereocenters. The van der Waals surface area contributed by atoms with E-state index in [9.17, 15) is 23.3 Å². The molecule has 1 aromatic carbocycles. The van der Waals surface area contributed by atoms with Crippen LogP contribution in [0.15, 0.2) is 39.8 Å². The summed E-state index contributed by atoms with van der Waals surface area (Å²) in [5.41, 5.74) is -0.199. The van der Waals surface area contributed by atoms with Gasteiger partial charge >= 0.3 is 0 Å². The number of rotatable bonds is 6. The summed E-state index contributed by atoms with van der Waals surface area (Å²) in [5.74, 6) is -0.868. The van der Waals surface area contributed by atoms with Crippen molar-refractivity contribution in [1.29, 1.82) is 0 Å². The standard InChI is InChI=1S/C13H13N3O7S/c1-14-24(20,21)12-6-5-11(23-12)13(17)15-9-7-8(16(18)19)3-4-10(9)22-2/h3-7,14H,1-2H3,(H,15,17). The Kier molecular flexibility index (Phi) is 4.85. The van der Waals surface area contributed by atoms with Gasteiger partial charge in [0.2, 0.25) is 5.09 Å². The van der Waals surface area contributed by atoms with Crippen molar-refractivity contribution in [2.24, 2.45) is 0 Å². The van der Waals surface area contributed by atoms with Gasteiger partial charge in [0.05, 0.1) is 17.7 Å². The molecular formula is C13H13N3O7S. The van der Waals surface area contributed by atoms with Crippen molar-refractivity contribution < 1.29 is 27.3 Å². The molecule has 0 radical (unpaired) electrons. The van der Waals surface area contributed by atoms with Gasteiger partial charge in [-0.1, -0.05) is 0 Å². The van der Waals surface area contributed by atoms with E-state index in [1.165, 1.54) is 32.4 Å². The first-order chi connectivity index (χ1) is 11.3. The van der Waals surface area contributed by atoms with Crippen molar-refractivity contribution in [2.75, 3.05) is 19.5 Å². The molecular weight excluding hydrogens is 342 g/mol. The van der Waals surface area contributed by atoms with Gasteiger partial charge in [0, 0.05) is 12.1 Å². The van der Waals surface area contributed by atoms with E-state index in [0.717, 1.165) is 12.1 Å². The molecule has 0 spiro atoms. The van der Waals surface area contributed by atoms with Gasteiger partial charge in [0.15, 0.2) is 5.76 Å². The van der Waals surface area contributed by atoms with Crippen molar-refractivity contribution >= 4 is 27.3 Å². The molecule has 0 atom stereocenters. The second-order valence-corrected chi connectivity index (χ2v) is 6.24. The fourth-order valence-electron chi connectivity index (χ4n) is 1.78. The molecule has 24 heavy (non-hydrogen) atoms. The Morgan fingerprint density at radius 3 is 2.58 bits per heavy atom. The minimum absolute atomic E-state index is 0.0473. The van der Waals surface area contributed by atoms with Crippen LogP contribution in [0.1, 0.15) is 10.6 Å². The molecule has 1 aromatic heterocycles. The molecule has 0 bridgehead atoms. The number of methoxy groups -OCH3 is 1. The monoisotopic (exact) mass is 355 g/mol. The van der Waals surface area contributed by atoms with E-state index in [0.29, 0.717) is 0 Å². The number of nitro groups is 1. The number of nitrogens with zero attached hydrogens (tertiary/aromatic N) is 1. The quantitative estimate of drug-likeness (QED) is 0.588. The largest absolute Gasteiger partial charge is 0.495 e. The lowest BCUT2D eigenvalue weighted by atomic mass is 10.2. The summed E-state index contributed by atoms with van der Waals surface area (Å²) in [6.07, 6.45) is 0. The highest BCUT2D eigenvalue weighted by Crippen LogP contribution is 2.29. The van der Waals surface area contributed by atoms with Crippen LogP contribution in [0, 0.1) is 10.1 Å². The molecule has 0 aliphatic heterocycles. The van der Waals surface area contributed by atoms with Crippen LogP contribution in [-0.2, 0) is 10.0 Å². The zero-order chi connectivity index (χ0) is 17.9. The zero-order valence-electron chi connectivity index (χ0n) is 12.6. The molecule has 1 heterocycles. The summed E-state index contributed by atoms with van der Waals surface area (Å²) in [6, 6.07) is 5.95. The Hall–Kier alpha value is -2.92. The van der Waals surface area contributed by atoms with Gasteiger partial charge in [-0.25, -0.2) is 13.1 Å². The van der Waals surface area contributed by atoms with Crippen LogP contribution in [0.3, 0.4) is 0 Å². The summed E-state index contributed by atoms with van der Waals surface area (Å²) < 4.78 is 35.2. The maximum atomic E-state index is 12.1. The lowest BCUT2D eigenvalue weighted by molar-refractivity contribution is -0.384. The number of hydrogen-bond acceptors (Lipinski definition) is 7. The number of carbonyl (C=O) groups is 1. The Labute approximate surface area is 136 Å². The van der Waals surface area contributed by atoms with E-state index in [1.54, 1.807) is 0 Å². The summed E-state index contributed by atoms with van der Waals surface area (Å²) in [6.45, 7) is 0. The lowest BCUT2D eigenvalue weighted by Gasteiger charge is -2.08. The summed E-state index contributed by atoms with van der Waals surface area (Å²) >= 11 is 0. The van der Waals surface area contributed by atoms with Crippen LogP contribution in [0.4, 0.5) is 11.4 Å². The molecule has 1 amide bonds. The molecule has 2 aromatic rings. The first kappa shape index (κ1) is 17.4. The molecule has 0 aliphatic rings. The lowest BCUT2D eigenvalue weighted by Crippen LogP contribution is -2.18. The van der Waals surface area contributed by atoms with Crippen molar-refractivity contribution in [2.45, 2.75) is 5.09 Å². The average molecular weight is 355 g/mol. The maximum absolute atomic E-state index is 12.1. The SMILES string of the molecule is CNS(=O)(=O)c1ccc(C(=O)Nc2cc([N+](=O)[O-])ccc2OC)o1. The van der Waals surface area contributed by atoms with Crippen LogP contribution in [0.2, 0.25) is 0 Å². The fourth-order valence-corrected chi connectivity index (χ4v) is 2.43. The highest BCUT2D eigenvalue weighted by atomic mass is 32.2. The number of nitro benzene ring substituents is 1. The third kappa shape index (κ3) is 3.52. The molecule has 0 aliphatic carbocycles. The highest BCUT2D eigenvalue weighted by Gasteiger charge is 2.21. The number of benzene rings is 1. The predicted molar refractivity (Wildman–Crippen MR) is 82.6 cm³/mol. The smallest absolute Gasteiger partial charge is 0.291 e. The highest BCUT2D eigenvalue weighted by molar-refractivity contribution is 7.89. The zero-order valence-corrected chi connectivity index (χ0v) is 13.4. The Morgan fingerprint density at radius 1 is 1.29 bits per heavy atom. The van der Waals surface area contributed by atoms with Crippen LogP contribution in [0.5, 0.6) is 5.75 Å². The fraction of sp³-hybridized carbons (Fsp3) is 0.154. The maximum Gasteiger partial charge on any atom is 0.291 e. The van der Waals surface area contributed by atoms with Gasteiger partial charge < -0.3 is 14.5 Å². The first-order valence-corrected chi connectivity index (χ1v) is 7.94. The topological polar surface area (TPSA) is 141 Å². The van der Waals surface area contributed by atoms with Gasteiger partial charge in [-0.15, -0.1) is 0 Å². The van der Waals surface area contributed by atoms with Crippen molar-refractivity contribution in [3.05, 3.63) is 46.2 Å².